The van der Waals surface area contributed by atoms with Gasteiger partial charge in [0.05, 0.1) is 16.2 Å². The second-order valence-corrected chi connectivity index (χ2v) is 2.78. The first-order valence-electron chi connectivity index (χ1n) is 4.31. The van der Waals surface area contributed by atoms with Crippen LogP contribution < -0.4 is 16.8 Å². The number of hydrogen-bond acceptors (Lipinski definition) is 6. The van der Waals surface area contributed by atoms with Crippen LogP contribution in [0.3, 0.4) is 0 Å². The van der Waals surface area contributed by atoms with Gasteiger partial charge in [-0.15, -0.1) is 0 Å². The molecule has 0 spiro atoms. The molecule has 0 aliphatic heterocycles. The highest BCUT2D eigenvalue weighted by Crippen LogP contribution is 1.91. The number of carbonyl (C=O) groups excluding carboxylic acids is 1. The fourth-order valence-corrected chi connectivity index (χ4v) is 0.802. The van der Waals surface area contributed by atoms with Crippen molar-refractivity contribution in [3.05, 3.63) is 10.1 Å². The zero-order valence-electron chi connectivity index (χ0n) is 8.13. The maximum Gasteiger partial charge on any atom is 0.234 e. The van der Waals surface area contributed by atoms with Gasteiger partial charge >= 0.3 is 0 Å². The van der Waals surface area contributed by atoms with Crippen molar-refractivity contribution < 1.29 is 9.83 Å². The quantitative estimate of drug-likeness (QED) is 0.202. The Labute approximate surface area is 86.0 Å². The van der Waals surface area contributed by atoms with Crippen LogP contribution in [0.5, 0.6) is 0 Å². The summed E-state index contributed by atoms with van der Waals surface area (Å²) in [5, 5.41) is 17.5. The van der Waals surface area contributed by atoms with E-state index in [9.17, 15) is 14.9 Å². The molecule has 0 heterocycles. The third kappa shape index (κ3) is 8.71. The van der Waals surface area contributed by atoms with E-state index < -0.39 is 17.0 Å². The fraction of sp³-hybridized carbons (Fsp3) is 0.833. The Hall–Kier alpha value is -1.61. The molecular formula is C6H14N6O3. The average molecular weight is 218 g/mol. The number of hydrogen-bond donors (Lipinski definition) is 3. The van der Waals surface area contributed by atoms with Crippen molar-refractivity contribution in [2.75, 3.05) is 13.2 Å². The Bertz CT molecular complexity index is 243. The van der Waals surface area contributed by atoms with Crippen LogP contribution in [0.1, 0.15) is 12.8 Å². The first-order chi connectivity index (χ1) is 7.04. The van der Waals surface area contributed by atoms with Crippen LogP contribution in [0.4, 0.5) is 0 Å². The van der Waals surface area contributed by atoms with Gasteiger partial charge in [-0.3, -0.25) is 10.1 Å². The molecule has 0 radical (unpaired) electrons. The minimum Gasteiger partial charge on any atom is -0.368 e. The molecule has 0 fully saturated rings. The highest BCUT2D eigenvalue weighted by molar-refractivity contribution is 5.79. The van der Waals surface area contributed by atoms with E-state index in [0.29, 0.717) is 19.4 Å². The number of primary amides is 1. The highest BCUT2D eigenvalue weighted by atomic mass is 16.7. The predicted octanol–water partition coefficient (Wildman–Crippen LogP) is -1.23. The van der Waals surface area contributed by atoms with E-state index in [-0.39, 0.29) is 6.67 Å². The van der Waals surface area contributed by atoms with Gasteiger partial charge in [-0.1, -0.05) is 0 Å². The van der Waals surface area contributed by atoms with E-state index >= 15 is 0 Å². The van der Waals surface area contributed by atoms with Gasteiger partial charge in [0.15, 0.2) is 5.22 Å². The van der Waals surface area contributed by atoms with Gasteiger partial charge in [-0.05, 0) is 19.4 Å². The van der Waals surface area contributed by atoms with Crippen LogP contribution in [-0.4, -0.2) is 30.2 Å². The Kier molecular flexibility index (Phi) is 6.93. The van der Waals surface area contributed by atoms with E-state index in [0.717, 1.165) is 0 Å². The molecule has 0 saturated heterocycles. The van der Waals surface area contributed by atoms with Crippen LogP contribution in [0.15, 0.2) is 10.3 Å². The van der Waals surface area contributed by atoms with E-state index in [2.05, 4.69) is 15.7 Å². The normalized spacial score (nSPS) is 12.9. The van der Waals surface area contributed by atoms with Gasteiger partial charge in [-0.2, -0.15) is 0 Å². The summed E-state index contributed by atoms with van der Waals surface area (Å²) in [6.45, 7) is 0.602. The first kappa shape index (κ1) is 13.4. The van der Waals surface area contributed by atoms with Crippen LogP contribution in [-0.2, 0) is 4.79 Å². The van der Waals surface area contributed by atoms with Crippen molar-refractivity contribution in [1.82, 2.24) is 5.32 Å². The molecule has 1 atom stereocenters. The Morgan fingerprint density at radius 1 is 1.60 bits per heavy atom. The smallest absolute Gasteiger partial charge is 0.234 e. The van der Waals surface area contributed by atoms with Crippen molar-refractivity contribution in [1.29, 1.82) is 0 Å². The van der Waals surface area contributed by atoms with Crippen LogP contribution in [0.2, 0.25) is 0 Å². The molecule has 15 heavy (non-hydrogen) atoms. The van der Waals surface area contributed by atoms with Gasteiger partial charge in [0.2, 0.25) is 12.6 Å². The molecular weight excluding hydrogens is 204 g/mol. The summed E-state index contributed by atoms with van der Waals surface area (Å²) < 4.78 is 0. The predicted molar refractivity (Wildman–Crippen MR) is 51.1 cm³/mol. The zero-order chi connectivity index (χ0) is 11.7. The average Bonchev–Trinajstić information content (AvgIpc) is 2.15. The summed E-state index contributed by atoms with van der Waals surface area (Å²) in [6.07, 6.45) is 1.10. The lowest BCUT2D eigenvalue weighted by molar-refractivity contribution is -0.494. The van der Waals surface area contributed by atoms with Gasteiger partial charge < -0.3 is 21.6 Å². The van der Waals surface area contributed by atoms with Crippen LogP contribution in [0.25, 0.3) is 0 Å². The maximum atomic E-state index is 10.5. The summed E-state index contributed by atoms with van der Waals surface area (Å²) in [7, 11) is 0. The van der Waals surface area contributed by atoms with Crippen molar-refractivity contribution >= 4 is 5.91 Å². The molecule has 0 aromatic heterocycles. The van der Waals surface area contributed by atoms with E-state index in [4.69, 9.17) is 11.5 Å². The van der Waals surface area contributed by atoms with Crippen LogP contribution >= 0.6 is 0 Å². The molecule has 0 aromatic rings. The Morgan fingerprint density at radius 3 is 2.80 bits per heavy atom. The summed E-state index contributed by atoms with van der Waals surface area (Å²) in [5.74, 6) is -0.539. The minimum atomic E-state index is -0.884. The Morgan fingerprint density at radius 2 is 2.27 bits per heavy atom. The number of nitrogens with two attached hydrogens (primary N) is 2. The zero-order valence-corrected chi connectivity index (χ0v) is 8.13. The lowest BCUT2D eigenvalue weighted by Gasteiger charge is -2.05. The van der Waals surface area contributed by atoms with Gasteiger partial charge in [-0.25, -0.2) is 0 Å². The number of amides is 1. The molecule has 9 nitrogen and oxygen atoms in total. The number of nitrogens with one attached hydrogen (secondary N) is 1. The molecule has 0 unspecified atom stereocenters. The molecule has 0 aromatic carbocycles. The van der Waals surface area contributed by atoms with E-state index in [1.165, 1.54) is 0 Å². The topological polar surface area (TPSA) is 149 Å². The third-order valence-corrected chi connectivity index (χ3v) is 1.55. The number of carbonyl (C=O) groups is 1. The molecule has 0 saturated carbocycles. The highest BCUT2D eigenvalue weighted by Gasteiger charge is 2.07. The first-order valence-corrected chi connectivity index (χ1v) is 4.31. The fourth-order valence-electron chi connectivity index (χ4n) is 0.802. The van der Waals surface area contributed by atoms with Gasteiger partial charge in [0, 0.05) is 0 Å². The molecule has 9 heteroatoms. The second-order valence-electron chi connectivity index (χ2n) is 2.78. The van der Waals surface area contributed by atoms with Crippen molar-refractivity contribution in [2.24, 2.45) is 21.8 Å². The molecule has 0 bridgehead atoms. The standard InChI is InChI=1S/C6H14N6O3/c7-5(6(8)13)2-1-3-9-4-10-11-12(14)15/h5,9H,1-4,7H2,(H2,8,13)/t5-/m0/s1. The van der Waals surface area contributed by atoms with Crippen LogP contribution in [0, 0.1) is 10.1 Å². The minimum absolute atomic E-state index is 0.0623. The molecule has 0 rings (SSSR count). The van der Waals surface area contributed by atoms with Gasteiger partial charge in [0.25, 0.3) is 0 Å². The number of nitrogens with zero attached hydrogens (tertiary/aromatic N) is 3. The summed E-state index contributed by atoms with van der Waals surface area (Å²) in [6, 6.07) is -0.646. The molecule has 0 aliphatic carbocycles. The molecule has 0 aliphatic rings. The molecule has 5 N–H and O–H groups in total. The van der Waals surface area contributed by atoms with E-state index in [1.54, 1.807) is 0 Å². The number of rotatable bonds is 8. The van der Waals surface area contributed by atoms with Crippen molar-refractivity contribution in [3.63, 3.8) is 0 Å². The third-order valence-electron chi connectivity index (χ3n) is 1.55. The maximum absolute atomic E-state index is 10.5. The number of nitro groups is 1. The lowest BCUT2D eigenvalue weighted by atomic mass is 10.1. The van der Waals surface area contributed by atoms with Gasteiger partial charge in [0.1, 0.15) is 0 Å². The Balaban J connectivity index is 3.32. The second kappa shape index (κ2) is 7.76. The van der Waals surface area contributed by atoms with Crippen molar-refractivity contribution in [2.45, 2.75) is 18.9 Å². The molecule has 86 valence electrons. The summed E-state index contributed by atoms with van der Waals surface area (Å²) in [4.78, 5) is 20.2. The largest absolute Gasteiger partial charge is 0.368 e. The SMILES string of the molecule is NC(=O)[C@@H](N)CCCNCN=N[N+](=O)[O-]. The van der Waals surface area contributed by atoms with Crippen molar-refractivity contribution in [3.8, 4) is 0 Å². The lowest BCUT2D eigenvalue weighted by Crippen LogP contribution is -2.36. The molecule has 1 amide bonds. The van der Waals surface area contributed by atoms with E-state index in [1.807, 2.05) is 0 Å². The monoisotopic (exact) mass is 218 g/mol. The summed E-state index contributed by atoms with van der Waals surface area (Å²) in [5.41, 5.74) is 10.3. The summed E-state index contributed by atoms with van der Waals surface area (Å²) >= 11 is 0.